The smallest absolute Gasteiger partial charge is 0.227 e. The minimum atomic E-state index is -0.197. The van der Waals surface area contributed by atoms with E-state index in [1.54, 1.807) is 12.1 Å². The van der Waals surface area contributed by atoms with Crippen molar-refractivity contribution in [2.75, 3.05) is 23.3 Å². The van der Waals surface area contributed by atoms with Crippen LogP contribution in [0, 0.1) is 12.7 Å². The fourth-order valence-electron chi connectivity index (χ4n) is 2.71. The molecular weight excluding hydrogens is 279 g/mol. The van der Waals surface area contributed by atoms with E-state index in [0.29, 0.717) is 12.1 Å². The van der Waals surface area contributed by atoms with E-state index in [9.17, 15) is 4.39 Å². The maximum atomic E-state index is 13.7. The van der Waals surface area contributed by atoms with E-state index in [0.717, 1.165) is 30.5 Å². The van der Waals surface area contributed by atoms with Crippen molar-refractivity contribution in [3.05, 3.63) is 47.4 Å². The first-order chi connectivity index (χ1) is 10.7. The lowest BCUT2D eigenvalue weighted by Crippen LogP contribution is -2.31. The molecule has 1 aliphatic rings. The SMILES string of the molecule is Cc1cc(NCc2ccccc2F)nc(N2CCCCC2)n1. The Kier molecular flexibility index (Phi) is 4.51. The zero-order chi connectivity index (χ0) is 15.4. The number of nitrogens with one attached hydrogen (secondary N) is 1. The number of benzene rings is 1. The van der Waals surface area contributed by atoms with Gasteiger partial charge >= 0.3 is 0 Å². The van der Waals surface area contributed by atoms with E-state index in [-0.39, 0.29) is 5.82 Å². The van der Waals surface area contributed by atoms with Crippen LogP contribution in [0.4, 0.5) is 16.2 Å². The van der Waals surface area contributed by atoms with Gasteiger partial charge in [0.2, 0.25) is 5.95 Å². The third kappa shape index (κ3) is 3.53. The van der Waals surface area contributed by atoms with Gasteiger partial charge in [0.1, 0.15) is 11.6 Å². The Morgan fingerprint density at radius 3 is 2.68 bits per heavy atom. The predicted octanol–water partition coefficient (Wildman–Crippen LogP) is 3.53. The molecule has 116 valence electrons. The van der Waals surface area contributed by atoms with Crippen LogP contribution in [0.15, 0.2) is 30.3 Å². The first-order valence-electron chi connectivity index (χ1n) is 7.80. The number of anilines is 2. The van der Waals surface area contributed by atoms with Crippen LogP contribution in [0.3, 0.4) is 0 Å². The average molecular weight is 300 g/mol. The highest BCUT2D eigenvalue weighted by molar-refractivity contribution is 5.44. The van der Waals surface area contributed by atoms with Gasteiger partial charge in [0.05, 0.1) is 0 Å². The van der Waals surface area contributed by atoms with E-state index in [4.69, 9.17) is 0 Å². The standard InChI is InChI=1S/C17H21FN4/c1-13-11-16(19-12-14-7-3-4-8-15(14)18)21-17(20-13)22-9-5-2-6-10-22/h3-4,7-8,11H,2,5-6,9-10,12H2,1H3,(H,19,20,21). The Morgan fingerprint density at radius 1 is 1.14 bits per heavy atom. The lowest BCUT2D eigenvalue weighted by atomic mass is 10.1. The molecule has 1 aromatic heterocycles. The fourth-order valence-corrected chi connectivity index (χ4v) is 2.71. The van der Waals surface area contributed by atoms with Crippen molar-refractivity contribution < 1.29 is 4.39 Å². The molecule has 3 rings (SSSR count). The summed E-state index contributed by atoms with van der Waals surface area (Å²) in [5.74, 6) is 1.32. The first-order valence-corrected chi connectivity index (χ1v) is 7.80. The highest BCUT2D eigenvalue weighted by Crippen LogP contribution is 2.19. The van der Waals surface area contributed by atoms with E-state index in [1.807, 2.05) is 19.1 Å². The molecule has 0 saturated carbocycles. The molecule has 4 nitrogen and oxygen atoms in total. The van der Waals surface area contributed by atoms with Crippen LogP contribution < -0.4 is 10.2 Å². The van der Waals surface area contributed by atoms with Gasteiger partial charge in [-0.2, -0.15) is 4.98 Å². The van der Waals surface area contributed by atoms with Gasteiger partial charge in [0, 0.05) is 37.0 Å². The van der Waals surface area contributed by atoms with Crippen molar-refractivity contribution in [2.24, 2.45) is 0 Å². The molecule has 5 heteroatoms. The fraction of sp³-hybridized carbons (Fsp3) is 0.412. The van der Waals surface area contributed by atoms with Crippen LogP contribution in [-0.2, 0) is 6.54 Å². The Hall–Kier alpha value is -2.17. The van der Waals surface area contributed by atoms with Crippen molar-refractivity contribution in [3.8, 4) is 0 Å². The van der Waals surface area contributed by atoms with E-state index >= 15 is 0 Å². The normalized spacial score (nSPS) is 14.9. The van der Waals surface area contributed by atoms with Crippen molar-refractivity contribution in [3.63, 3.8) is 0 Å². The molecule has 0 spiro atoms. The molecule has 2 heterocycles. The lowest BCUT2D eigenvalue weighted by Gasteiger charge is -2.27. The second-order valence-electron chi connectivity index (χ2n) is 5.69. The number of aryl methyl sites for hydroxylation is 1. The van der Waals surface area contributed by atoms with Gasteiger partial charge < -0.3 is 10.2 Å². The Morgan fingerprint density at radius 2 is 1.91 bits per heavy atom. The molecule has 1 fully saturated rings. The molecule has 1 N–H and O–H groups in total. The maximum absolute atomic E-state index is 13.7. The van der Waals surface area contributed by atoms with Crippen LogP contribution in [0.2, 0.25) is 0 Å². The van der Waals surface area contributed by atoms with Crippen molar-refractivity contribution >= 4 is 11.8 Å². The van der Waals surface area contributed by atoms with Crippen LogP contribution in [0.1, 0.15) is 30.5 Å². The molecule has 0 aliphatic carbocycles. The quantitative estimate of drug-likeness (QED) is 0.938. The molecule has 1 saturated heterocycles. The van der Waals surface area contributed by atoms with Crippen LogP contribution >= 0.6 is 0 Å². The summed E-state index contributed by atoms with van der Waals surface area (Å²) in [5, 5.41) is 3.20. The molecule has 0 unspecified atom stereocenters. The lowest BCUT2D eigenvalue weighted by molar-refractivity contribution is 0.568. The maximum Gasteiger partial charge on any atom is 0.227 e. The van der Waals surface area contributed by atoms with E-state index < -0.39 is 0 Å². The van der Waals surface area contributed by atoms with Crippen LogP contribution in [0.5, 0.6) is 0 Å². The van der Waals surface area contributed by atoms with Gasteiger partial charge in [0.15, 0.2) is 0 Å². The average Bonchev–Trinajstić information content (AvgIpc) is 2.54. The number of halogens is 1. The largest absolute Gasteiger partial charge is 0.366 e. The number of piperidine rings is 1. The molecule has 1 aliphatic heterocycles. The highest BCUT2D eigenvalue weighted by atomic mass is 19.1. The Balaban J connectivity index is 1.73. The third-order valence-corrected chi connectivity index (χ3v) is 3.90. The summed E-state index contributed by atoms with van der Waals surface area (Å²) in [6.45, 7) is 4.40. The summed E-state index contributed by atoms with van der Waals surface area (Å²) in [4.78, 5) is 11.3. The Labute approximate surface area is 130 Å². The summed E-state index contributed by atoms with van der Waals surface area (Å²) < 4.78 is 13.7. The van der Waals surface area contributed by atoms with Gasteiger partial charge in [-0.15, -0.1) is 0 Å². The molecule has 1 aromatic carbocycles. The predicted molar refractivity (Wildman–Crippen MR) is 86.6 cm³/mol. The second-order valence-corrected chi connectivity index (χ2v) is 5.69. The molecule has 0 amide bonds. The number of aromatic nitrogens is 2. The number of nitrogens with zero attached hydrogens (tertiary/aromatic N) is 3. The van der Waals surface area contributed by atoms with Crippen molar-refractivity contribution in [1.82, 2.24) is 9.97 Å². The van der Waals surface area contributed by atoms with Crippen molar-refractivity contribution in [2.45, 2.75) is 32.7 Å². The monoisotopic (exact) mass is 300 g/mol. The van der Waals surface area contributed by atoms with E-state index in [2.05, 4.69) is 20.2 Å². The zero-order valence-corrected chi connectivity index (χ0v) is 12.8. The molecule has 2 aromatic rings. The van der Waals surface area contributed by atoms with E-state index in [1.165, 1.54) is 25.3 Å². The summed E-state index contributed by atoms with van der Waals surface area (Å²) in [6, 6.07) is 8.68. The highest BCUT2D eigenvalue weighted by Gasteiger charge is 2.14. The minimum Gasteiger partial charge on any atom is -0.366 e. The number of rotatable bonds is 4. The molecule has 0 atom stereocenters. The summed E-state index contributed by atoms with van der Waals surface area (Å²) in [6.07, 6.45) is 3.66. The topological polar surface area (TPSA) is 41.1 Å². The minimum absolute atomic E-state index is 0.197. The van der Waals surface area contributed by atoms with Crippen molar-refractivity contribution in [1.29, 1.82) is 0 Å². The summed E-state index contributed by atoms with van der Waals surface area (Å²) in [7, 11) is 0. The van der Waals surface area contributed by atoms with Crippen LogP contribution in [-0.4, -0.2) is 23.1 Å². The third-order valence-electron chi connectivity index (χ3n) is 3.90. The van der Waals surface area contributed by atoms with Gasteiger partial charge in [-0.1, -0.05) is 18.2 Å². The second kappa shape index (κ2) is 6.73. The molecule has 22 heavy (non-hydrogen) atoms. The van der Waals surface area contributed by atoms with Gasteiger partial charge in [-0.25, -0.2) is 9.37 Å². The van der Waals surface area contributed by atoms with Gasteiger partial charge in [-0.05, 0) is 32.3 Å². The first kappa shape index (κ1) is 14.8. The molecule has 0 radical (unpaired) electrons. The number of hydrogen-bond donors (Lipinski definition) is 1. The van der Waals surface area contributed by atoms with Crippen LogP contribution in [0.25, 0.3) is 0 Å². The van der Waals surface area contributed by atoms with Gasteiger partial charge in [0.25, 0.3) is 0 Å². The Bertz CT molecular complexity index is 638. The number of hydrogen-bond acceptors (Lipinski definition) is 4. The summed E-state index contributed by atoms with van der Waals surface area (Å²) in [5.41, 5.74) is 1.56. The van der Waals surface area contributed by atoms with Gasteiger partial charge in [-0.3, -0.25) is 0 Å². The molecule has 0 bridgehead atoms. The zero-order valence-electron chi connectivity index (χ0n) is 12.8. The summed E-state index contributed by atoms with van der Waals surface area (Å²) >= 11 is 0. The molecular formula is C17H21FN4.